The lowest BCUT2D eigenvalue weighted by Gasteiger charge is -2.18. The molecule has 1 aliphatic rings. The number of benzene rings is 1. The van der Waals surface area contributed by atoms with E-state index >= 15 is 0 Å². The summed E-state index contributed by atoms with van der Waals surface area (Å²) in [6.07, 6.45) is 4.97. The molecule has 6 heteroatoms. The molecule has 6 nitrogen and oxygen atoms in total. The summed E-state index contributed by atoms with van der Waals surface area (Å²) >= 11 is 0. The molecule has 2 heterocycles. The molecule has 1 saturated heterocycles. The molecule has 0 unspecified atom stereocenters. The van der Waals surface area contributed by atoms with Crippen molar-refractivity contribution in [3.05, 3.63) is 48.5 Å². The van der Waals surface area contributed by atoms with Gasteiger partial charge in [0, 0.05) is 44.2 Å². The van der Waals surface area contributed by atoms with Crippen molar-refractivity contribution in [2.45, 2.75) is 32.2 Å². The molecular formula is C18H25N3O3. The fourth-order valence-electron chi connectivity index (χ4n) is 3.04. The van der Waals surface area contributed by atoms with Gasteiger partial charge < -0.3 is 19.1 Å². The van der Waals surface area contributed by atoms with Gasteiger partial charge in [-0.3, -0.25) is 4.90 Å². The molecule has 0 aliphatic carbocycles. The van der Waals surface area contributed by atoms with Gasteiger partial charge >= 0.3 is 0 Å². The SMILES string of the molecule is CCO[C@H]1CN(Cc2ccccc2OCCn2ccnc2)C[C@@H]1O. The van der Waals surface area contributed by atoms with Gasteiger partial charge in [0.15, 0.2) is 0 Å². The minimum absolute atomic E-state index is 0.0932. The second-order valence-corrected chi connectivity index (χ2v) is 6.01. The Morgan fingerprint density at radius 3 is 2.96 bits per heavy atom. The second-order valence-electron chi connectivity index (χ2n) is 6.01. The zero-order valence-electron chi connectivity index (χ0n) is 14.0. The maximum absolute atomic E-state index is 10.1. The van der Waals surface area contributed by atoms with E-state index in [0.29, 0.717) is 19.8 Å². The Labute approximate surface area is 142 Å². The third-order valence-electron chi connectivity index (χ3n) is 4.23. The monoisotopic (exact) mass is 331 g/mol. The molecule has 24 heavy (non-hydrogen) atoms. The molecule has 0 amide bonds. The van der Waals surface area contributed by atoms with Gasteiger partial charge in [-0.25, -0.2) is 4.98 Å². The minimum atomic E-state index is -0.417. The first-order chi connectivity index (χ1) is 11.8. The summed E-state index contributed by atoms with van der Waals surface area (Å²) in [5.74, 6) is 0.895. The summed E-state index contributed by atoms with van der Waals surface area (Å²) in [6.45, 7) is 6.08. The number of para-hydroxylation sites is 1. The molecule has 2 aromatic rings. The Kier molecular flexibility index (Phi) is 5.85. The number of aliphatic hydroxyl groups is 1. The molecular weight excluding hydrogens is 306 g/mol. The first kappa shape index (κ1) is 17.0. The molecule has 1 N–H and O–H groups in total. The number of aromatic nitrogens is 2. The summed E-state index contributed by atoms with van der Waals surface area (Å²) in [4.78, 5) is 6.24. The third-order valence-corrected chi connectivity index (χ3v) is 4.23. The van der Waals surface area contributed by atoms with Crippen LogP contribution < -0.4 is 4.74 Å². The molecule has 0 radical (unpaired) electrons. The van der Waals surface area contributed by atoms with Crippen molar-refractivity contribution >= 4 is 0 Å². The van der Waals surface area contributed by atoms with Crippen molar-refractivity contribution in [2.75, 3.05) is 26.3 Å². The number of likely N-dealkylation sites (tertiary alicyclic amines) is 1. The summed E-state index contributed by atoms with van der Waals surface area (Å²) < 4.78 is 13.5. The Hall–Kier alpha value is -1.89. The van der Waals surface area contributed by atoms with E-state index in [0.717, 1.165) is 30.9 Å². The largest absolute Gasteiger partial charge is 0.491 e. The molecule has 1 aromatic carbocycles. The Bertz CT molecular complexity index is 618. The second kappa shape index (κ2) is 8.28. The van der Waals surface area contributed by atoms with E-state index in [9.17, 15) is 5.11 Å². The van der Waals surface area contributed by atoms with Gasteiger partial charge in [0.2, 0.25) is 0 Å². The predicted molar refractivity (Wildman–Crippen MR) is 90.9 cm³/mol. The first-order valence-corrected chi connectivity index (χ1v) is 8.44. The van der Waals surface area contributed by atoms with Crippen LogP contribution in [-0.2, 0) is 17.8 Å². The highest BCUT2D eigenvalue weighted by atomic mass is 16.5. The zero-order valence-corrected chi connectivity index (χ0v) is 14.0. The van der Waals surface area contributed by atoms with Gasteiger partial charge in [0.05, 0.1) is 25.1 Å². The number of hydrogen-bond donors (Lipinski definition) is 1. The average molecular weight is 331 g/mol. The van der Waals surface area contributed by atoms with Crippen LogP contribution in [0.4, 0.5) is 0 Å². The lowest BCUT2D eigenvalue weighted by atomic mass is 10.2. The quantitative estimate of drug-likeness (QED) is 0.795. The summed E-state index contributed by atoms with van der Waals surface area (Å²) in [5, 5.41) is 10.1. The van der Waals surface area contributed by atoms with Crippen LogP contribution >= 0.6 is 0 Å². The van der Waals surface area contributed by atoms with E-state index in [2.05, 4.69) is 16.0 Å². The van der Waals surface area contributed by atoms with Crippen LogP contribution in [0.15, 0.2) is 43.0 Å². The van der Waals surface area contributed by atoms with E-state index in [1.165, 1.54) is 0 Å². The van der Waals surface area contributed by atoms with Crippen molar-refractivity contribution in [3.63, 3.8) is 0 Å². The van der Waals surface area contributed by atoms with Gasteiger partial charge in [-0.15, -0.1) is 0 Å². The highest BCUT2D eigenvalue weighted by Crippen LogP contribution is 2.23. The normalized spacial score (nSPS) is 21.2. The molecule has 0 spiro atoms. The number of hydrogen-bond acceptors (Lipinski definition) is 5. The lowest BCUT2D eigenvalue weighted by Crippen LogP contribution is -2.26. The fourth-order valence-corrected chi connectivity index (χ4v) is 3.04. The molecule has 3 rings (SSSR count). The number of aliphatic hydroxyl groups excluding tert-OH is 1. The van der Waals surface area contributed by atoms with Crippen molar-refractivity contribution in [2.24, 2.45) is 0 Å². The number of β-amino-alcohol motifs (C(OH)–C–C–N with tert-alkyl or cyclic N) is 1. The number of imidazole rings is 1. The van der Waals surface area contributed by atoms with E-state index in [4.69, 9.17) is 9.47 Å². The van der Waals surface area contributed by atoms with Crippen molar-refractivity contribution in [1.29, 1.82) is 0 Å². The molecule has 0 saturated carbocycles. The van der Waals surface area contributed by atoms with Gasteiger partial charge in [-0.1, -0.05) is 18.2 Å². The molecule has 1 fully saturated rings. The summed E-state index contributed by atoms with van der Waals surface area (Å²) in [5.41, 5.74) is 1.13. The van der Waals surface area contributed by atoms with Crippen molar-refractivity contribution in [1.82, 2.24) is 14.5 Å². The fraction of sp³-hybridized carbons (Fsp3) is 0.500. The van der Waals surface area contributed by atoms with Crippen LogP contribution in [0.1, 0.15) is 12.5 Å². The van der Waals surface area contributed by atoms with Crippen LogP contribution in [0.5, 0.6) is 5.75 Å². The van der Waals surface area contributed by atoms with Crippen molar-refractivity contribution < 1.29 is 14.6 Å². The highest BCUT2D eigenvalue weighted by molar-refractivity contribution is 5.33. The van der Waals surface area contributed by atoms with E-state index in [1.807, 2.05) is 35.9 Å². The van der Waals surface area contributed by atoms with Gasteiger partial charge in [-0.2, -0.15) is 0 Å². The molecule has 1 aromatic heterocycles. The molecule has 2 atom stereocenters. The van der Waals surface area contributed by atoms with Crippen LogP contribution in [0.3, 0.4) is 0 Å². The van der Waals surface area contributed by atoms with E-state index in [-0.39, 0.29) is 6.10 Å². The van der Waals surface area contributed by atoms with Gasteiger partial charge in [-0.05, 0) is 13.0 Å². The Morgan fingerprint density at radius 1 is 1.29 bits per heavy atom. The van der Waals surface area contributed by atoms with Gasteiger partial charge in [0.1, 0.15) is 12.4 Å². The number of rotatable bonds is 8. The van der Waals surface area contributed by atoms with Crippen LogP contribution in [0, 0.1) is 0 Å². The highest BCUT2D eigenvalue weighted by Gasteiger charge is 2.31. The summed E-state index contributed by atoms with van der Waals surface area (Å²) in [7, 11) is 0. The Balaban J connectivity index is 1.56. The minimum Gasteiger partial charge on any atom is -0.491 e. The first-order valence-electron chi connectivity index (χ1n) is 8.44. The number of nitrogens with zero attached hydrogens (tertiary/aromatic N) is 3. The van der Waals surface area contributed by atoms with Crippen LogP contribution in [0.25, 0.3) is 0 Å². The van der Waals surface area contributed by atoms with Crippen molar-refractivity contribution in [3.8, 4) is 5.75 Å². The number of ether oxygens (including phenoxy) is 2. The van der Waals surface area contributed by atoms with Crippen LogP contribution in [0.2, 0.25) is 0 Å². The summed E-state index contributed by atoms with van der Waals surface area (Å²) in [6, 6.07) is 8.07. The van der Waals surface area contributed by atoms with Gasteiger partial charge in [0.25, 0.3) is 0 Å². The molecule has 130 valence electrons. The topological polar surface area (TPSA) is 59.8 Å². The smallest absolute Gasteiger partial charge is 0.123 e. The average Bonchev–Trinajstić information content (AvgIpc) is 3.20. The maximum Gasteiger partial charge on any atom is 0.123 e. The van der Waals surface area contributed by atoms with E-state index in [1.54, 1.807) is 12.5 Å². The third kappa shape index (κ3) is 4.35. The Morgan fingerprint density at radius 2 is 2.17 bits per heavy atom. The predicted octanol–water partition coefficient (Wildman–Crippen LogP) is 1.54. The molecule has 0 bridgehead atoms. The lowest BCUT2D eigenvalue weighted by molar-refractivity contribution is -0.00245. The standard InChI is InChI=1S/C18H25N3O3/c1-2-23-18-13-21(12-16(18)22)11-15-5-3-4-6-17(15)24-10-9-20-8-7-19-14-20/h3-8,14,16,18,22H,2,9-13H2,1H3/t16-,18-/m0/s1. The van der Waals surface area contributed by atoms with Crippen LogP contribution in [-0.4, -0.2) is 58.1 Å². The van der Waals surface area contributed by atoms with E-state index < -0.39 is 6.10 Å². The zero-order chi connectivity index (χ0) is 16.8. The maximum atomic E-state index is 10.1. The molecule has 1 aliphatic heterocycles.